The summed E-state index contributed by atoms with van der Waals surface area (Å²) in [5.41, 5.74) is 1.75. The average Bonchev–Trinajstić information content (AvgIpc) is 2.34. The molecule has 0 aliphatic heterocycles. The van der Waals surface area contributed by atoms with Gasteiger partial charge < -0.3 is 0 Å². The molecular weight excluding hydrogens is 268 g/mol. The molecular formula is C13H11ClN2OS. The van der Waals surface area contributed by atoms with Crippen LogP contribution in [0.3, 0.4) is 0 Å². The lowest BCUT2D eigenvalue weighted by atomic mass is 10.1. The van der Waals surface area contributed by atoms with Gasteiger partial charge in [-0.05, 0) is 12.5 Å². The second-order valence-electron chi connectivity index (χ2n) is 3.97. The highest BCUT2D eigenvalue weighted by Gasteiger charge is 2.05. The highest BCUT2D eigenvalue weighted by Crippen LogP contribution is 2.07. The molecule has 2 rings (SSSR count). The Hall–Kier alpha value is -1.52. The van der Waals surface area contributed by atoms with Crippen molar-refractivity contribution in [1.29, 1.82) is 0 Å². The average molecular weight is 279 g/mol. The predicted octanol–water partition coefficient (Wildman–Crippen LogP) is 2.62. The summed E-state index contributed by atoms with van der Waals surface area (Å²) in [6, 6.07) is 7.86. The van der Waals surface area contributed by atoms with Crippen molar-refractivity contribution in [2.45, 2.75) is 13.5 Å². The summed E-state index contributed by atoms with van der Waals surface area (Å²) in [5, 5.41) is 0.418. The molecule has 1 aromatic heterocycles. The third-order valence-corrected chi connectivity index (χ3v) is 3.07. The van der Waals surface area contributed by atoms with Crippen LogP contribution in [0.4, 0.5) is 0 Å². The van der Waals surface area contributed by atoms with Crippen LogP contribution in [0.15, 0.2) is 41.5 Å². The quantitative estimate of drug-likeness (QED) is 0.639. The van der Waals surface area contributed by atoms with Gasteiger partial charge in [-0.1, -0.05) is 53.6 Å². The Balaban J connectivity index is 2.24. The zero-order valence-corrected chi connectivity index (χ0v) is 11.3. The molecule has 0 N–H and O–H groups in total. The first-order valence-electron chi connectivity index (χ1n) is 5.38. The largest absolute Gasteiger partial charge is 0.347 e. The summed E-state index contributed by atoms with van der Waals surface area (Å²) in [7, 11) is 0. The summed E-state index contributed by atoms with van der Waals surface area (Å²) >= 11 is 11.1. The van der Waals surface area contributed by atoms with E-state index < -0.39 is 0 Å². The molecule has 18 heavy (non-hydrogen) atoms. The lowest BCUT2D eigenvalue weighted by Gasteiger charge is -2.07. The van der Waals surface area contributed by atoms with Gasteiger partial charge in [0.15, 0.2) is 0 Å². The highest BCUT2D eigenvalue weighted by atomic mass is 35.5. The molecule has 0 saturated heterocycles. The highest BCUT2D eigenvalue weighted by molar-refractivity contribution is 7.80. The maximum atomic E-state index is 11.5. The Morgan fingerprint density at radius 1 is 1.39 bits per heavy atom. The molecule has 0 spiro atoms. The van der Waals surface area contributed by atoms with E-state index in [9.17, 15) is 4.79 Å². The van der Waals surface area contributed by atoms with Gasteiger partial charge in [0.05, 0.1) is 17.8 Å². The molecule has 3 nitrogen and oxygen atoms in total. The number of thiocarbonyl (C=S) groups is 1. The van der Waals surface area contributed by atoms with Crippen molar-refractivity contribution >= 4 is 28.7 Å². The van der Waals surface area contributed by atoms with Gasteiger partial charge in [0, 0.05) is 11.1 Å². The summed E-state index contributed by atoms with van der Waals surface area (Å²) in [4.78, 5) is 15.9. The van der Waals surface area contributed by atoms with Crippen LogP contribution in [0.5, 0.6) is 0 Å². The molecule has 0 fully saturated rings. The molecule has 5 heteroatoms. The Morgan fingerprint density at radius 2 is 2.06 bits per heavy atom. The molecule has 0 unspecified atom stereocenters. The second-order valence-corrected chi connectivity index (χ2v) is 4.90. The van der Waals surface area contributed by atoms with Crippen molar-refractivity contribution < 1.29 is 0 Å². The van der Waals surface area contributed by atoms with Crippen LogP contribution in [0.2, 0.25) is 5.02 Å². The summed E-state index contributed by atoms with van der Waals surface area (Å²) in [6.07, 6.45) is 2.87. The molecule has 1 heterocycles. The molecule has 0 aliphatic carbocycles. The third-order valence-electron chi connectivity index (χ3n) is 2.51. The number of aromatic nitrogens is 2. The summed E-state index contributed by atoms with van der Waals surface area (Å²) < 4.78 is 1.41. The minimum absolute atomic E-state index is 0.310. The van der Waals surface area contributed by atoms with Gasteiger partial charge in [0.25, 0.3) is 0 Å². The lowest BCUT2D eigenvalue weighted by Crippen LogP contribution is -2.25. The SMILES string of the molecule is Cc1ccc(C(=S)Cn2cc(Cl)cnc2=O)cc1. The van der Waals surface area contributed by atoms with E-state index in [0.717, 1.165) is 5.56 Å². The van der Waals surface area contributed by atoms with E-state index in [4.69, 9.17) is 23.8 Å². The molecule has 0 bridgehead atoms. The molecule has 92 valence electrons. The smallest absolute Gasteiger partial charge is 0.292 e. The van der Waals surface area contributed by atoms with Crippen molar-refractivity contribution in [3.05, 3.63) is 63.3 Å². The lowest BCUT2D eigenvalue weighted by molar-refractivity contribution is 0.771. The van der Waals surface area contributed by atoms with Gasteiger partial charge in [0.1, 0.15) is 0 Å². The first kappa shape index (κ1) is 12.9. The monoisotopic (exact) mass is 278 g/mol. The van der Waals surface area contributed by atoms with E-state index in [1.807, 2.05) is 31.2 Å². The minimum Gasteiger partial charge on any atom is -0.292 e. The summed E-state index contributed by atoms with van der Waals surface area (Å²) in [6.45, 7) is 2.32. The predicted molar refractivity (Wildman–Crippen MR) is 76.4 cm³/mol. The van der Waals surface area contributed by atoms with Crippen molar-refractivity contribution in [1.82, 2.24) is 9.55 Å². The van der Waals surface area contributed by atoms with Gasteiger partial charge >= 0.3 is 5.69 Å². The Bertz CT molecular complexity index is 634. The maximum absolute atomic E-state index is 11.5. The number of hydrogen-bond acceptors (Lipinski definition) is 3. The normalized spacial score (nSPS) is 10.3. The topological polar surface area (TPSA) is 34.9 Å². The second kappa shape index (κ2) is 5.42. The molecule has 0 atom stereocenters. The van der Waals surface area contributed by atoms with E-state index in [0.29, 0.717) is 16.4 Å². The first-order valence-corrected chi connectivity index (χ1v) is 6.17. The molecule has 0 saturated carbocycles. The molecule has 1 aromatic carbocycles. The Kier molecular flexibility index (Phi) is 3.89. The molecule has 0 amide bonds. The number of benzene rings is 1. The fourth-order valence-electron chi connectivity index (χ4n) is 1.53. The number of aryl methyl sites for hydroxylation is 1. The van der Waals surface area contributed by atoms with Gasteiger partial charge in [-0.3, -0.25) is 4.57 Å². The Labute approximate surface area is 115 Å². The van der Waals surface area contributed by atoms with Crippen molar-refractivity contribution in [3.63, 3.8) is 0 Å². The van der Waals surface area contributed by atoms with Crippen LogP contribution in [0, 0.1) is 6.92 Å². The van der Waals surface area contributed by atoms with Crippen LogP contribution >= 0.6 is 23.8 Å². The zero-order chi connectivity index (χ0) is 13.1. The van der Waals surface area contributed by atoms with Crippen LogP contribution in [0.25, 0.3) is 0 Å². The molecule has 0 aliphatic rings. The van der Waals surface area contributed by atoms with E-state index in [1.54, 1.807) is 0 Å². The van der Waals surface area contributed by atoms with Crippen LogP contribution < -0.4 is 5.69 Å². The minimum atomic E-state index is -0.353. The Morgan fingerprint density at radius 3 is 2.72 bits per heavy atom. The van der Waals surface area contributed by atoms with E-state index in [-0.39, 0.29) is 5.69 Å². The molecule has 2 aromatic rings. The number of hydrogen-bond donors (Lipinski definition) is 0. The van der Waals surface area contributed by atoms with Gasteiger partial charge in [-0.25, -0.2) is 9.78 Å². The third kappa shape index (κ3) is 3.03. The standard InChI is InChI=1S/C13H11ClN2OS/c1-9-2-4-10(5-3-9)12(18)8-16-7-11(14)6-15-13(16)17/h2-7H,8H2,1H3. The van der Waals surface area contributed by atoms with Crippen LogP contribution in [0.1, 0.15) is 11.1 Å². The molecule has 0 radical (unpaired) electrons. The zero-order valence-electron chi connectivity index (χ0n) is 9.76. The van der Waals surface area contributed by atoms with Gasteiger partial charge in [-0.2, -0.15) is 0 Å². The van der Waals surface area contributed by atoms with Crippen LogP contribution in [-0.2, 0) is 6.54 Å². The number of nitrogens with zero attached hydrogens (tertiary/aromatic N) is 2. The first-order chi connectivity index (χ1) is 8.56. The van der Waals surface area contributed by atoms with Crippen molar-refractivity contribution in [3.8, 4) is 0 Å². The number of halogens is 1. The van der Waals surface area contributed by atoms with E-state index in [2.05, 4.69) is 4.98 Å². The maximum Gasteiger partial charge on any atom is 0.347 e. The summed E-state index contributed by atoms with van der Waals surface area (Å²) in [5.74, 6) is 0. The van der Waals surface area contributed by atoms with Gasteiger partial charge in [0.2, 0.25) is 0 Å². The van der Waals surface area contributed by atoms with E-state index in [1.165, 1.54) is 22.5 Å². The fourth-order valence-corrected chi connectivity index (χ4v) is 1.97. The fraction of sp³-hybridized carbons (Fsp3) is 0.154. The van der Waals surface area contributed by atoms with Gasteiger partial charge in [-0.15, -0.1) is 0 Å². The number of rotatable bonds is 3. The van der Waals surface area contributed by atoms with Crippen LogP contribution in [-0.4, -0.2) is 14.4 Å². The van der Waals surface area contributed by atoms with Crippen molar-refractivity contribution in [2.75, 3.05) is 0 Å². The van der Waals surface area contributed by atoms with E-state index >= 15 is 0 Å². The van der Waals surface area contributed by atoms with Crippen molar-refractivity contribution in [2.24, 2.45) is 0 Å².